The number of nitriles is 1. The van der Waals surface area contributed by atoms with Crippen LogP contribution in [0.15, 0.2) is 28.6 Å². The smallest absolute Gasteiger partial charge is 0.338 e. The molecule has 2 heterocycles. The molecule has 0 unspecified atom stereocenters. The van der Waals surface area contributed by atoms with Crippen molar-refractivity contribution in [1.29, 1.82) is 5.26 Å². The number of nitrogens with one attached hydrogen (secondary N) is 2. The second-order valence-corrected chi connectivity index (χ2v) is 7.71. The fourth-order valence-electron chi connectivity index (χ4n) is 2.13. The molecule has 0 spiro atoms. The maximum absolute atomic E-state index is 13.5. The first-order valence-corrected chi connectivity index (χ1v) is 9.74. The van der Waals surface area contributed by atoms with E-state index in [0.29, 0.717) is 23.2 Å². The Labute approximate surface area is 167 Å². The molecular weight excluding hydrogens is 413 g/mol. The summed E-state index contributed by atoms with van der Waals surface area (Å²) in [6.07, 6.45) is -4.76. The van der Waals surface area contributed by atoms with Crippen LogP contribution in [0, 0.1) is 11.3 Å². The molecule has 6 nitrogen and oxygen atoms in total. The van der Waals surface area contributed by atoms with Crippen molar-refractivity contribution in [3.63, 3.8) is 0 Å². The predicted molar refractivity (Wildman–Crippen MR) is 99.8 cm³/mol. The van der Waals surface area contributed by atoms with E-state index in [1.807, 2.05) is 0 Å². The number of rotatable bonds is 5. The summed E-state index contributed by atoms with van der Waals surface area (Å²) in [7, 11) is 0. The fraction of sp³-hybridized carbons (Fsp3) is 0.294. The molecule has 0 aliphatic heterocycles. The molecule has 3 amide bonds. The number of imide groups is 1. The number of halogens is 3. The summed E-state index contributed by atoms with van der Waals surface area (Å²) < 4.78 is 40.4. The van der Waals surface area contributed by atoms with Gasteiger partial charge in [-0.25, -0.2) is 9.78 Å². The van der Waals surface area contributed by atoms with Crippen molar-refractivity contribution in [2.75, 3.05) is 6.54 Å². The van der Waals surface area contributed by atoms with Crippen LogP contribution in [-0.2, 0) is 11.0 Å². The van der Waals surface area contributed by atoms with Crippen LogP contribution in [0.5, 0.6) is 0 Å². The topological polar surface area (TPSA) is 94.9 Å². The molecule has 2 rings (SSSR count). The van der Waals surface area contributed by atoms with Crippen molar-refractivity contribution in [2.24, 2.45) is 0 Å². The third kappa shape index (κ3) is 5.24. The lowest BCUT2D eigenvalue weighted by Gasteiger charge is -2.16. The number of hydrogen-bond acceptors (Lipinski definition) is 6. The van der Waals surface area contributed by atoms with E-state index in [1.54, 1.807) is 24.4 Å². The van der Waals surface area contributed by atoms with Crippen LogP contribution < -0.4 is 10.6 Å². The van der Waals surface area contributed by atoms with E-state index in [9.17, 15) is 28.0 Å². The summed E-state index contributed by atoms with van der Waals surface area (Å²) >= 11 is 1.89. The van der Waals surface area contributed by atoms with Crippen LogP contribution >= 0.6 is 23.1 Å². The first kappa shape index (κ1) is 21.7. The van der Waals surface area contributed by atoms with E-state index < -0.39 is 34.5 Å². The number of amides is 3. The lowest BCUT2D eigenvalue weighted by atomic mass is 10.1. The Morgan fingerprint density at radius 2 is 2.14 bits per heavy atom. The first-order chi connectivity index (χ1) is 13.2. The normalized spacial score (nSPS) is 12.1. The number of hydrogen-bond donors (Lipinski definition) is 2. The average Bonchev–Trinajstić information content (AvgIpc) is 3.15. The summed E-state index contributed by atoms with van der Waals surface area (Å²) in [5, 5.41) is 14.3. The number of carbonyl (C=O) groups is 2. The highest BCUT2D eigenvalue weighted by atomic mass is 32.2. The van der Waals surface area contributed by atoms with Gasteiger partial charge in [-0.3, -0.25) is 10.1 Å². The van der Waals surface area contributed by atoms with Crippen LogP contribution in [0.1, 0.15) is 25.0 Å². The monoisotopic (exact) mass is 428 g/mol. The zero-order chi connectivity index (χ0) is 20.9. The summed E-state index contributed by atoms with van der Waals surface area (Å²) in [5.41, 5.74) is -1.72. The number of thiophene rings is 1. The lowest BCUT2D eigenvalue weighted by molar-refractivity contribution is -0.138. The van der Waals surface area contributed by atoms with E-state index in [2.05, 4.69) is 15.6 Å². The van der Waals surface area contributed by atoms with Crippen molar-refractivity contribution >= 4 is 35.0 Å². The summed E-state index contributed by atoms with van der Waals surface area (Å²) in [6, 6.07) is 4.93. The molecule has 0 aromatic carbocycles. The molecule has 0 aliphatic carbocycles. The Kier molecular flexibility index (Phi) is 7.04. The first-order valence-electron chi connectivity index (χ1n) is 7.99. The molecular formula is C17H15F3N4O2S2. The quantitative estimate of drug-likeness (QED) is 0.702. The number of aromatic nitrogens is 1. The fourth-order valence-corrected chi connectivity index (χ4v) is 3.74. The van der Waals surface area contributed by atoms with Gasteiger partial charge in [0.2, 0.25) is 5.91 Å². The van der Waals surface area contributed by atoms with Gasteiger partial charge in [0.1, 0.15) is 11.1 Å². The molecule has 0 aliphatic rings. The standard InChI is InChI=1S/C17H15F3N4O2S2/c1-3-22-16(26)24-14(25)9(2)28-15-10(8-21)11(17(18,19)20)7-12(23-15)13-5-4-6-27-13/h4-7,9H,3H2,1-2H3,(H2,22,24,25,26)/t9-/m1/s1. The van der Waals surface area contributed by atoms with Gasteiger partial charge in [0, 0.05) is 6.54 Å². The maximum Gasteiger partial charge on any atom is 0.417 e. The van der Waals surface area contributed by atoms with Crippen molar-refractivity contribution < 1.29 is 22.8 Å². The minimum absolute atomic E-state index is 0.0557. The van der Waals surface area contributed by atoms with Gasteiger partial charge in [-0.15, -0.1) is 11.3 Å². The minimum atomic E-state index is -4.76. The van der Waals surface area contributed by atoms with Gasteiger partial charge in [-0.05, 0) is 31.4 Å². The molecule has 0 bridgehead atoms. The van der Waals surface area contributed by atoms with Gasteiger partial charge in [-0.1, -0.05) is 17.8 Å². The van der Waals surface area contributed by atoms with Crippen molar-refractivity contribution in [3.8, 4) is 16.6 Å². The maximum atomic E-state index is 13.5. The Morgan fingerprint density at radius 3 is 2.68 bits per heavy atom. The molecule has 0 saturated heterocycles. The SMILES string of the molecule is CCNC(=O)NC(=O)[C@@H](C)Sc1nc(-c2cccs2)cc(C(F)(F)F)c1C#N. The largest absolute Gasteiger partial charge is 0.417 e. The zero-order valence-electron chi connectivity index (χ0n) is 14.8. The van der Waals surface area contributed by atoms with Gasteiger partial charge in [0.15, 0.2) is 0 Å². The molecule has 0 radical (unpaired) electrons. The van der Waals surface area contributed by atoms with Crippen LogP contribution in [0.3, 0.4) is 0 Å². The Bertz CT molecular complexity index is 908. The van der Waals surface area contributed by atoms with E-state index in [4.69, 9.17) is 0 Å². The summed E-state index contributed by atoms with van der Waals surface area (Å²) in [5.74, 6) is -0.711. The van der Waals surface area contributed by atoms with E-state index in [1.165, 1.54) is 24.3 Å². The van der Waals surface area contributed by atoms with Gasteiger partial charge in [0.05, 0.1) is 26.9 Å². The lowest BCUT2D eigenvalue weighted by Crippen LogP contribution is -2.42. The van der Waals surface area contributed by atoms with E-state index in [-0.39, 0.29) is 10.7 Å². The molecule has 2 aromatic heterocycles. The third-order valence-corrected chi connectivity index (χ3v) is 5.39. The molecule has 28 heavy (non-hydrogen) atoms. The van der Waals surface area contributed by atoms with Gasteiger partial charge >= 0.3 is 12.2 Å². The summed E-state index contributed by atoms with van der Waals surface area (Å²) in [4.78, 5) is 28.2. The van der Waals surface area contributed by atoms with Crippen LogP contribution in [-0.4, -0.2) is 28.7 Å². The molecule has 11 heteroatoms. The highest BCUT2D eigenvalue weighted by Gasteiger charge is 2.36. The molecule has 1 atom stereocenters. The molecule has 2 N–H and O–H groups in total. The number of nitrogens with zero attached hydrogens (tertiary/aromatic N) is 2. The van der Waals surface area contributed by atoms with E-state index >= 15 is 0 Å². The Hall–Kier alpha value is -2.58. The molecule has 148 valence electrons. The van der Waals surface area contributed by atoms with Crippen molar-refractivity contribution in [3.05, 3.63) is 34.7 Å². The Balaban J connectivity index is 2.42. The number of thioether (sulfide) groups is 1. The number of carbonyl (C=O) groups excluding carboxylic acids is 2. The third-order valence-electron chi connectivity index (χ3n) is 3.41. The molecule has 0 fully saturated rings. The van der Waals surface area contributed by atoms with Crippen LogP contribution in [0.25, 0.3) is 10.6 Å². The van der Waals surface area contributed by atoms with Crippen LogP contribution in [0.4, 0.5) is 18.0 Å². The predicted octanol–water partition coefficient (Wildman–Crippen LogP) is 4.03. The van der Waals surface area contributed by atoms with E-state index in [0.717, 1.165) is 6.07 Å². The molecule has 0 saturated carbocycles. The average molecular weight is 428 g/mol. The van der Waals surface area contributed by atoms with Crippen molar-refractivity contribution in [1.82, 2.24) is 15.6 Å². The van der Waals surface area contributed by atoms with Crippen molar-refractivity contribution in [2.45, 2.75) is 30.3 Å². The second-order valence-electron chi connectivity index (χ2n) is 5.43. The molecule has 2 aromatic rings. The van der Waals surface area contributed by atoms with Gasteiger partial charge < -0.3 is 5.32 Å². The van der Waals surface area contributed by atoms with Gasteiger partial charge in [0.25, 0.3) is 0 Å². The highest BCUT2D eigenvalue weighted by Crippen LogP contribution is 2.39. The zero-order valence-corrected chi connectivity index (χ0v) is 16.4. The minimum Gasteiger partial charge on any atom is -0.338 e. The van der Waals surface area contributed by atoms with Crippen LogP contribution in [0.2, 0.25) is 0 Å². The number of urea groups is 1. The second kappa shape index (κ2) is 9.07. The number of pyridine rings is 1. The van der Waals surface area contributed by atoms with Gasteiger partial charge in [-0.2, -0.15) is 18.4 Å². The Morgan fingerprint density at radius 1 is 1.43 bits per heavy atom. The number of alkyl halides is 3. The summed E-state index contributed by atoms with van der Waals surface area (Å²) in [6.45, 7) is 3.38. The highest BCUT2D eigenvalue weighted by molar-refractivity contribution is 8.00.